The van der Waals surface area contributed by atoms with Crippen LogP contribution in [0.1, 0.15) is 6.92 Å². The molecule has 0 aliphatic carbocycles. The Labute approximate surface area is 148 Å². The molecule has 0 aromatic carbocycles. The van der Waals surface area contributed by atoms with Gasteiger partial charge >= 0.3 is 0 Å². The van der Waals surface area contributed by atoms with Crippen molar-refractivity contribution in [3.05, 3.63) is 0 Å². The summed E-state index contributed by atoms with van der Waals surface area (Å²) in [6.45, 7) is -0.195. The molecule has 10 atom stereocenters. The fourth-order valence-corrected chi connectivity index (χ4v) is 2.97. The molecule has 0 radical (unpaired) electrons. The van der Waals surface area contributed by atoms with E-state index in [4.69, 9.17) is 14.2 Å². The van der Waals surface area contributed by atoms with Crippen LogP contribution in [0.15, 0.2) is 0 Å². The normalized spacial score (nSPS) is 46.8. The highest BCUT2D eigenvalue weighted by Gasteiger charge is 2.50. The second-order valence-electron chi connectivity index (χ2n) is 6.26. The van der Waals surface area contributed by atoms with Crippen LogP contribution in [-0.2, 0) is 19.0 Å². The van der Waals surface area contributed by atoms with Crippen LogP contribution >= 0.6 is 0 Å². The van der Waals surface area contributed by atoms with Gasteiger partial charge in [0.1, 0.15) is 48.8 Å². The largest absolute Gasteiger partial charge is 0.394 e. The molecule has 8 N–H and O–H groups in total. The number of ether oxygens (including phenoxy) is 3. The van der Waals surface area contributed by atoms with Crippen molar-refractivity contribution in [1.82, 2.24) is 5.32 Å². The van der Waals surface area contributed by atoms with Crippen molar-refractivity contribution >= 4 is 5.91 Å². The topological polar surface area (TPSA) is 198 Å². The van der Waals surface area contributed by atoms with Gasteiger partial charge in [-0.3, -0.25) is 4.79 Å². The lowest BCUT2D eigenvalue weighted by molar-refractivity contribution is -0.341. The first-order valence-electron chi connectivity index (χ1n) is 8.06. The molecule has 0 saturated carbocycles. The fourth-order valence-electron chi connectivity index (χ4n) is 2.97. The van der Waals surface area contributed by atoms with Gasteiger partial charge in [0.2, 0.25) is 5.91 Å². The molecule has 0 bridgehead atoms. The predicted molar refractivity (Wildman–Crippen MR) is 80.2 cm³/mol. The van der Waals surface area contributed by atoms with Gasteiger partial charge in [-0.25, -0.2) is 0 Å². The van der Waals surface area contributed by atoms with Gasteiger partial charge in [-0.15, -0.1) is 0 Å². The highest BCUT2D eigenvalue weighted by Crippen LogP contribution is 2.28. The lowest BCUT2D eigenvalue weighted by Gasteiger charge is -2.46. The van der Waals surface area contributed by atoms with Crippen molar-refractivity contribution < 1.29 is 54.8 Å². The predicted octanol–water partition coefficient (Wildman–Crippen LogP) is -5.25. The van der Waals surface area contributed by atoms with Gasteiger partial charge in [-0.2, -0.15) is 0 Å². The van der Waals surface area contributed by atoms with Crippen molar-refractivity contribution in [2.24, 2.45) is 0 Å². The van der Waals surface area contributed by atoms with E-state index in [1.54, 1.807) is 0 Å². The molecule has 0 spiro atoms. The van der Waals surface area contributed by atoms with Crippen molar-refractivity contribution in [1.29, 1.82) is 0 Å². The zero-order valence-electron chi connectivity index (χ0n) is 14.0. The summed E-state index contributed by atoms with van der Waals surface area (Å²) in [6, 6.07) is -1.28. The summed E-state index contributed by atoms with van der Waals surface area (Å²) < 4.78 is 15.7. The highest BCUT2D eigenvalue weighted by atomic mass is 16.7. The smallest absolute Gasteiger partial charge is 0.217 e. The average molecular weight is 383 g/mol. The minimum Gasteiger partial charge on any atom is -0.394 e. The van der Waals surface area contributed by atoms with Crippen LogP contribution < -0.4 is 5.32 Å². The Morgan fingerprint density at radius 1 is 0.923 bits per heavy atom. The van der Waals surface area contributed by atoms with Crippen molar-refractivity contribution in [3.63, 3.8) is 0 Å². The lowest BCUT2D eigenvalue weighted by atomic mass is 9.95. The molecule has 1 amide bonds. The third-order valence-electron chi connectivity index (χ3n) is 4.38. The van der Waals surface area contributed by atoms with Crippen LogP contribution in [0.4, 0.5) is 0 Å². The summed E-state index contributed by atoms with van der Waals surface area (Å²) in [4.78, 5) is 11.4. The van der Waals surface area contributed by atoms with Gasteiger partial charge in [-0.1, -0.05) is 0 Å². The molecule has 2 fully saturated rings. The van der Waals surface area contributed by atoms with Gasteiger partial charge in [0.25, 0.3) is 0 Å². The minimum atomic E-state index is -1.74. The number of nitrogens with one attached hydrogen (secondary N) is 1. The lowest BCUT2D eigenvalue weighted by Crippen LogP contribution is -2.67. The summed E-state index contributed by atoms with van der Waals surface area (Å²) >= 11 is 0. The number of hydrogen-bond acceptors (Lipinski definition) is 11. The maximum Gasteiger partial charge on any atom is 0.217 e. The van der Waals surface area contributed by atoms with Crippen LogP contribution in [-0.4, -0.2) is 116 Å². The van der Waals surface area contributed by atoms with E-state index in [9.17, 15) is 40.5 Å². The Morgan fingerprint density at radius 2 is 1.50 bits per heavy atom. The third kappa shape index (κ3) is 4.31. The van der Waals surface area contributed by atoms with E-state index in [1.807, 2.05) is 0 Å². The standard InChI is InChI=1S/C14H25NO11/c1-4(18)15-7-12(9(20)6(3-17)24-13(7)23)26-14-11(22)10(21)8(19)5(2-16)25-14/h5-14,16-17,19-23H,2-3H2,1H3,(H,15,18)/t5-,6-,7-,8-,9-,10+,11+,12-,13+,14+/m1/s1. The van der Waals surface area contributed by atoms with Gasteiger partial charge in [0.05, 0.1) is 13.2 Å². The molecule has 12 heteroatoms. The third-order valence-corrected chi connectivity index (χ3v) is 4.38. The zero-order chi connectivity index (χ0) is 19.6. The Hall–Kier alpha value is -0.930. The van der Waals surface area contributed by atoms with Gasteiger partial charge in [-0.05, 0) is 0 Å². The minimum absolute atomic E-state index is 0.574. The van der Waals surface area contributed by atoms with E-state index in [0.29, 0.717) is 0 Å². The maximum absolute atomic E-state index is 11.4. The summed E-state index contributed by atoms with van der Waals surface area (Å²) in [7, 11) is 0. The Bertz CT molecular complexity index is 478. The summed E-state index contributed by atoms with van der Waals surface area (Å²) in [6.07, 6.45) is -13.7. The first-order chi connectivity index (χ1) is 12.2. The highest BCUT2D eigenvalue weighted by molar-refractivity contribution is 5.73. The number of hydrogen-bond donors (Lipinski definition) is 8. The molecular weight excluding hydrogens is 358 g/mol. The fraction of sp³-hybridized carbons (Fsp3) is 0.929. The maximum atomic E-state index is 11.4. The van der Waals surface area contributed by atoms with Gasteiger partial charge < -0.3 is 55.3 Å². The molecule has 2 aliphatic heterocycles. The van der Waals surface area contributed by atoms with E-state index < -0.39 is 80.5 Å². The molecule has 0 unspecified atom stereocenters. The molecular formula is C14H25NO11. The van der Waals surface area contributed by atoms with Crippen LogP contribution in [0.25, 0.3) is 0 Å². The Balaban J connectivity index is 2.21. The molecule has 152 valence electrons. The number of rotatable bonds is 5. The molecule has 0 aromatic rings. The zero-order valence-corrected chi connectivity index (χ0v) is 14.0. The number of carbonyl (C=O) groups is 1. The molecule has 12 nitrogen and oxygen atoms in total. The second kappa shape index (κ2) is 8.84. The van der Waals surface area contributed by atoms with E-state index in [1.165, 1.54) is 0 Å². The average Bonchev–Trinajstić information content (AvgIpc) is 2.60. The quantitative estimate of drug-likeness (QED) is 0.226. The molecule has 2 aliphatic rings. The van der Waals surface area contributed by atoms with Gasteiger partial charge in [0, 0.05) is 6.92 Å². The Morgan fingerprint density at radius 3 is 2.04 bits per heavy atom. The van der Waals surface area contributed by atoms with E-state index in [-0.39, 0.29) is 0 Å². The molecule has 0 aromatic heterocycles. The Kier molecular flexibility index (Phi) is 7.27. The SMILES string of the molecule is CC(=O)N[C@@H]1[C@@H](O[C@@H]2O[C@H](CO)[C@@H](O)[C@H](O)[C@@H]2O)[C@H](O)[C@@H](CO)O[C@@H]1O. The number of amides is 1. The number of carbonyl (C=O) groups excluding carboxylic acids is 1. The molecule has 2 saturated heterocycles. The first-order valence-corrected chi connectivity index (χ1v) is 8.06. The van der Waals surface area contributed by atoms with Crippen molar-refractivity contribution in [2.45, 2.75) is 68.3 Å². The summed E-state index contributed by atoms with van der Waals surface area (Å²) in [5, 5.41) is 70.7. The van der Waals surface area contributed by atoms with Crippen molar-refractivity contribution in [2.75, 3.05) is 13.2 Å². The van der Waals surface area contributed by atoms with Crippen LogP contribution in [0, 0.1) is 0 Å². The molecule has 2 rings (SSSR count). The summed E-state index contributed by atoms with van der Waals surface area (Å²) in [5.41, 5.74) is 0. The van der Waals surface area contributed by atoms with E-state index in [0.717, 1.165) is 6.92 Å². The van der Waals surface area contributed by atoms with Crippen LogP contribution in [0.5, 0.6) is 0 Å². The van der Waals surface area contributed by atoms with Crippen molar-refractivity contribution in [3.8, 4) is 0 Å². The van der Waals surface area contributed by atoms with Gasteiger partial charge in [0.15, 0.2) is 12.6 Å². The van der Waals surface area contributed by atoms with Crippen LogP contribution in [0.2, 0.25) is 0 Å². The van der Waals surface area contributed by atoms with Crippen LogP contribution in [0.3, 0.4) is 0 Å². The number of aliphatic hydroxyl groups is 7. The molecule has 26 heavy (non-hydrogen) atoms. The summed E-state index contributed by atoms with van der Waals surface area (Å²) in [5.74, 6) is -0.574. The monoisotopic (exact) mass is 383 g/mol. The van der Waals surface area contributed by atoms with E-state index >= 15 is 0 Å². The number of aliphatic hydroxyl groups excluding tert-OH is 7. The van der Waals surface area contributed by atoms with E-state index in [2.05, 4.69) is 5.32 Å². The molecule has 2 heterocycles. The first kappa shape index (κ1) is 21.4. The second-order valence-corrected chi connectivity index (χ2v) is 6.26.